The Hall–Kier alpha value is -2.83. The summed E-state index contributed by atoms with van der Waals surface area (Å²) in [5.74, 6) is 2.26. The van der Waals surface area contributed by atoms with Gasteiger partial charge in [0, 0.05) is 44.1 Å². The van der Waals surface area contributed by atoms with E-state index in [0.717, 1.165) is 49.0 Å². The zero-order chi connectivity index (χ0) is 16.2. The summed E-state index contributed by atoms with van der Waals surface area (Å²) < 4.78 is 0. The lowest BCUT2D eigenvalue weighted by Gasteiger charge is -2.33. The van der Waals surface area contributed by atoms with Crippen molar-refractivity contribution < 1.29 is 0 Å². The Balaban J connectivity index is 1.46. The van der Waals surface area contributed by atoms with Gasteiger partial charge in [-0.3, -0.25) is 9.97 Å². The molecule has 0 bridgehead atoms. The van der Waals surface area contributed by atoms with Crippen molar-refractivity contribution in [3.63, 3.8) is 0 Å². The van der Waals surface area contributed by atoms with E-state index in [0.29, 0.717) is 5.92 Å². The van der Waals surface area contributed by atoms with Gasteiger partial charge in [0.25, 0.3) is 0 Å². The molecular weight excluding hydrogens is 302 g/mol. The molecule has 7 nitrogen and oxygen atoms in total. The van der Waals surface area contributed by atoms with Gasteiger partial charge in [-0.1, -0.05) is 0 Å². The van der Waals surface area contributed by atoms with E-state index in [2.05, 4.69) is 29.8 Å². The summed E-state index contributed by atoms with van der Waals surface area (Å²) in [4.78, 5) is 27.2. The minimum absolute atomic E-state index is 0.543. The minimum atomic E-state index is 0.543. The van der Waals surface area contributed by atoms with Gasteiger partial charge < -0.3 is 9.88 Å². The summed E-state index contributed by atoms with van der Waals surface area (Å²) in [5.41, 5.74) is 1.80. The van der Waals surface area contributed by atoms with E-state index in [1.54, 1.807) is 31.0 Å². The summed E-state index contributed by atoms with van der Waals surface area (Å²) in [6.07, 6.45) is 15.7. The van der Waals surface area contributed by atoms with E-state index < -0.39 is 0 Å². The van der Waals surface area contributed by atoms with Crippen molar-refractivity contribution in [3.8, 4) is 11.5 Å². The molecule has 122 valence electrons. The Morgan fingerprint density at radius 3 is 2.92 bits per heavy atom. The van der Waals surface area contributed by atoms with Crippen LogP contribution in [0.2, 0.25) is 0 Å². The van der Waals surface area contributed by atoms with Gasteiger partial charge in [-0.25, -0.2) is 15.0 Å². The smallest absolute Gasteiger partial charge is 0.157 e. The number of aromatic amines is 1. The van der Waals surface area contributed by atoms with Crippen LogP contribution in [0.5, 0.6) is 0 Å². The molecule has 1 N–H and O–H groups in total. The van der Waals surface area contributed by atoms with Crippen molar-refractivity contribution in [2.24, 2.45) is 5.92 Å². The molecule has 0 aliphatic carbocycles. The molecule has 3 aromatic heterocycles. The van der Waals surface area contributed by atoms with E-state index in [9.17, 15) is 0 Å². The molecule has 1 aliphatic heterocycles. The minimum Gasteiger partial charge on any atom is -0.355 e. The number of aromatic nitrogens is 6. The van der Waals surface area contributed by atoms with Crippen molar-refractivity contribution in [2.75, 3.05) is 18.0 Å². The quantitative estimate of drug-likeness (QED) is 0.792. The number of H-pyrrole nitrogens is 1. The first kappa shape index (κ1) is 14.7. The van der Waals surface area contributed by atoms with Crippen molar-refractivity contribution >= 4 is 5.82 Å². The molecule has 0 saturated carbocycles. The van der Waals surface area contributed by atoms with Crippen molar-refractivity contribution in [1.82, 2.24) is 29.9 Å². The highest BCUT2D eigenvalue weighted by Gasteiger charge is 2.22. The lowest BCUT2D eigenvalue weighted by atomic mass is 9.93. The molecule has 1 fully saturated rings. The summed E-state index contributed by atoms with van der Waals surface area (Å²) in [5, 5.41) is 0. The normalized spacial score (nSPS) is 17.8. The monoisotopic (exact) mass is 321 g/mol. The van der Waals surface area contributed by atoms with Gasteiger partial charge in [0.2, 0.25) is 0 Å². The van der Waals surface area contributed by atoms with E-state index in [-0.39, 0.29) is 0 Å². The van der Waals surface area contributed by atoms with Crippen LogP contribution in [0.3, 0.4) is 0 Å². The van der Waals surface area contributed by atoms with Crippen molar-refractivity contribution in [3.05, 3.63) is 49.1 Å². The van der Waals surface area contributed by atoms with Crippen LogP contribution in [0.25, 0.3) is 11.5 Å². The van der Waals surface area contributed by atoms with Gasteiger partial charge in [0.15, 0.2) is 5.82 Å². The summed E-state index contributed by atoms with van der Waals surface area (Å²) in [7, 11) is 0. The summed E-state index contributed by atoms with van der Waals surface area (Å²) in [6.45, 7) is 2.01. The molecule has 4 heterocycles. The molecule has 3 aromatic rings. The average molecular weight is 321 g/mol. The Morgan fingerprint density at radius 1 is 1.08 bits per heavy atom. The molecule has 4 rings (SSSR count). The van der Waals surface area contributed by atoms with Crippen LogP contribution in [-0.4, -0.2) is 43.0 Å². The lowest BCUT2D eigenvalue weighted by Crippen LogP contribution is -2.36. The van der Waals surface area contributed by atoms with E-state index in [1.165, 1.54) is 6.42 Å². The summed E-state index contributed by atoms with van der Waals surface area (Å²) >= 11 is 0. The highest BCUT2D eigenvalue weighted by molar-refractivity contribution is 5.46. The molecule has 1 saturated heterocycles. The van der Waals surface area contributed by atoms with Crippen LogP contribution < -0.4 is 4.90 Å². The molecule has 0 spiro atoms. The molecule has 0 unspecified atom stereocenters. The Labute approximate surface area is 140 Å². The highest BCUT2D eigenvalue weighted by atomic mass is 15.2. The largest absolute Gasteiger partial charge is 0.355 e. The van der Waals surface area contributed by atoms with Crippen LogP contribution in [-0.2, 0) is 6.42 Å². The topological polar surface area (TPSA) is 83.5 Å². The number of hydrogen-bond donors (Lipinski definition) is 1. The van der Waals surface area contributed by atoms with Gasteiger partial charge in [0.1, 0.15) is 11.5 Å². The Morgan fingerprint density at radius 2 is 2.08 bits per heavy atom. The number of nitrogens with one attached hydrogen (secondary N) is 1. The van der Waals surface area contributed by atoms with E-state index in [4.69, 9.17) is 4.98 Å². The second-order valence-corrected chi connectivity index (χ2v) is 6.06. The van der Waals surface area contributed by atoms with Crippen LogP contribution in [0, 0.1) is 5.92 Å². The van der Waals surface area contributed by atoms with E-state index >= 15 is 0 Å². The first-order valence-corrected chi connectivity index (χ1v) is 8.20. The van der Waals surface area contributed by atoms with Crippen molar-refractivity contribution in [2.45, 2.75) is 19.3 Å². The van der Waals surface area contributed by atoms with Crippen LogP contribution in [0.15, 0.2) is 43.4 Å². The number of piperidine rings is 1. The van der Waals surface area contributed by atoms with E-state index in [1.807, 2.05) is 12.4 Å². The fourth-order valence-electron chi connectivity index (χ4n) is 3.21. The molecule has 0 amide bonds. The third-order valence-electron chi connectivity index (χ3n) is 4.32. The second kappa shape index (κ2) is 6.74. The standard InChI is InChI=1S/C17H19N7/c1-2-13(12-24(7-1)16-11-18-3-4-20-16)8-14-9-19-10-15(23-14)17-21-5-6-22-17/h3-6,9-11,13H,1-2,7-8,12H2,(H,21,22)/t13-/m1/s1. The number of imidazole rings is 1. The molecule has 1 atom stereocenters. The second-order valence-electron chi connectivity index (χ2n) is 6.06. The van der Waals surface area contributed by atoms with Gasteiger partial charge in [0.05, 0.1) is 18.1 Å². The zero-order valence-corrected chi connectivity index (χ0v) is 13.3. The molecule has 24 heavy (non-hydrogen) atoms. The van der Waals surface area contributed by atoms with Gasteiger partial charge in [-0.05, 0) is 25.2 Å². The molecular formula is C17H19N7. The van der Waals surface area contributed by atoms with Gasteiger partial charge >= 0.3 is 0 Å². The molecule has 7 heteroatoms. The Bertz CT molecular complexity index is 773. The third kappa shape index (κ3) is 3.24. The maximum absolute atomic E-state index is 4.70. The fourth-order valence-corrected chi connectivity index (χ4v) is 3.21. The summed E-state index contributed by atoms with van der Waals surface area (Å²) in [6, 6.07) is 0. The number of nitrogens with zero attached hydrogens (tertiary/aromatic N) is 6. The van der Waals surface area contributed by atoms with Gasteiger partial charge in [-0.15, -0.1) is 0 Å². The van der Waals surface area contributed by atoms with Crippen LogP contribution in [0.4, 0.5) is 5.82 Å². The predicted octanol–water partition coefficient (Wildman–Crippen LogP) is 2.12. The molecule has 0 aromatic carbocycles. The fraction of sp³-hybridized carbons (Fsp3) is 0.353. The maximum Gasteiger partial charge on any atom is 0.157 e. The first-order chi connectivity index (χ1) is 11.9. The highest BCUT2D eigenvalue weighted by Crippen LogP contribution is 2.23. The maximum atomic E-state index is 4.70. The molecule has 0 radical (unpaired) electrons. The Kier molecular flexibility index (Phi) is 4.14. The average Bonchev–Trinajstić information content (AvgIpc) is 3.18. The lowest BCUT2D eigenvalue weighted by molar-refractivity contribution is 0.407. The van der Waals surface area contributed by atoms with Crippen molar-refractivity contribution in [1.29, 1.82) is 0 Å². The number of rotatable bonds is 4. The van der Waals surface area contributed by atoms with Gasteiger partial charge in [-0.2, -0.15) is 0 Å². The zero-order valence-electron chi connectivity index (χ0n) is 13.3. The predicted molar refractivity (Wildman–Crippen MR) is 90.3 cm³/mol. The first-order valence-electron chi connectivity index (χ1n) is 8.20. The SMILES string of the molecule is c1cnc(N2CCC[C@H](Cc3cncc(-c4ncc[nH]4)n3)C2)cn1. The number of anilines is 1. The molecule has 1 aliphatic rings. The number of hydrogen-bond acceptors (Lipinski definition) is 6. The van der Waals surface area contributed by atoms with Crippen LogP contribution in [0.1, 0.15) is 18.5 Å². The third-order valence-corrected chi connectivity index (χ3v) is 4.32. The van der Waals surface area contributed by atoms with Crippen LogP contribution >= 0.6 is 0 Å².